The Morgan fingerprint density at radius 3 is 2.75 bits per heavy atom. The number of amides is 2. The number of nitrogens with one attached hydrogen (secondary N) is 2. The number of nitrogens with two attached hydrogens (primary N) is 1. The SMILES string of the molecule is CNC(=O)CNC(=O)[C@](C)(N)CN1CC(Oc2ccc3c(c2C(=O)O)OB(O)[C@H]2C[C@@H]32)C1. The van der Waals surface area contributed by atoms with Gasteiger partial charge in [0.25, 0.3) is 0 Å². The lowest BCUT2D eigenvalue weighted by molar-refractivity contribution is -0.130. The first-order chi connectivity index (χ1) is 15.1. The summed E-state index contributed by atoms with van der Waals surface area (Å²) in [6.45, 7) is 2.60. The van der Waals surface area contributed by atoms with E-state index in [4.69, 9.17) is 15.1 Å². The average Bonchev–Trinajstić information content (AvgIpc) is 3.51. The lowest BCUT2D eigenvalue weighted by atomic mass is 9.77. The Labute approximate surface area is 185 Å². The van der Waals surface area contributed by atoms with E-state index in [9.17, 15) is 24.5 Å². The van der Waals surface area contributed by atoms with E-state index in [1.165, 1.54) is 7.05 Å². The van der Waals surface area contributed by atoms with E-state index in [0.717, 1.165) is 12.0 Å². The molecule has 1 aromatic rings. The van der Waals surface area contributed by atoms with E-state index in [1.54, 1.807) is 19.1 Å². The van der Waals surface area contributed by atoms with E-state index in [0.29, 0.717) is 13.1 Å². The number of carboxylic acid groups (broad SMARTS) is 1. The summed E-state index contributed by atoms with van der Waals surface area (Å²) < 4.78 is 11.4. The molecular formula is C20H27BN4O7. The molecule has 3 aliphatic rings. The van der Waals surface area contributed by atoms with E-state index in [1.807, 2.05) is 4.90 Å². The molecule has 2 heterocycles. The van der Waals surface area contributed by atoms with Gasteiger partial charge in [0, 0.05) is 32.5 Å². The monoisotopic (exact) mass is 446 g/mol. The van der Waals surface area contributed by atoms with Crippen LogP contribution >= 0.6 is 0 Å². The van der Waals surface area contributed by atoms with Crippen molar-refractivity contribution in [2.24, 2.45) is 5.73 Å². The zero-order valence-corrected chi connectivity index (χ0v) is 18.0. The van der Waals surface area contributed by atoms with Crippen LogP contribution in [-0.2, 0) is 9.59 Å². The first-order valence-electron chi connectivity index (χ1n) is 10.5. The van der Waals surface area contributed by atoms with Crippen molar-refractivity contribution in [3.63, 3.8) is 0 Å². The first-order valence-corrected chi connectivity index (χ1v) is 10.5. The number of benzene rings is 1. The van der Waals surface area contributed by atoms with E-state index < -0.39 is 24.5 Å². The number of hydrogen-bond acceptors (Lipinski definition) is 8. The highest BCUT2D eigenvalue weighted by molar-refractivity contribution is 6.48. The largest absolute Gasteiger partial charge is 0.535 e. The van der Waals surface area contributed by atoms with Crippen LogP contribution in [0, 0.1) is 0 Å². The quantitative estimate of drug-likeness (QED) is 0.307. The zero-order chi connectivity index (χ0) is 23.2. The Hall–Kier alpha value is -2.83. The zero-order valence-electron chi connectivity index (χ0n) is 18.0. The Kier molecular flexibility index (Phi) is 5.78. The Bertz CT molecular complexity index is 950. The Morgan fingerprint density at radius 2 is 2.09 bits per heavy atom. The molecule has 4 rings (SSSR count). The summed E-state index contributed by atoms with van der Waals surface area (Å²) in [4.78, 5) is 37.4. The molecule has 12 heteroatoms. The predicted octanol–water partition coefficient (Wildman–Crippen LogP) is -1.24. The Morgan fingerprint density at radius 1 is 1.38 bits per heavy atom. The molecule has 2 amide bonds. The van der Waals surface area contributed by atoms with Crippen LogP contribution in [-0.4, -0.2) is 84.8 Å². The molecular weight excluding hydrogens is 419 g/mol. The normalized spacial score (nSPS) is 23.6. The third-order valence-electron chi connectivity index (χ3n) is 6.18. The molecule has 0 bridgehead atoms. The van der Waals surface area contributed by atoms with Crippen LogP contribution in [0.4, 0.5) is 0 Å². The summed E-state index contributed by atoms with van der Waals surface area (Å²) in [5, 5.41) is 24.7. The predicted molar refractivity (Wildman–Crippen MR) is 114 cm³/mol. The molecule has 0 unspecified atom stereocenters. The highest BCUT2D eigenvalue weighted by Crippen LogP contribution is 2.60. The van der Waals surface area contributed by atoms with Crippen molar-refractivity contribution in [2.45, 2.75) is 36.7 Å². The maximum Gasteiger partial charge on any atom is 0.526 e. The minimum Gasteiger partial charge on any atom is -0.535 e. The number of carbonyl (C=O) groups excluding carboxylic acids is 2. The standard InChI is InChI=1S/C20H27BN4O7/c1-20(22,19(29)24-6-15(26)23-2)9-25-7-10(8-25)31-14-4-3-11-12-5-13(12)21(30)32-17(11)16(14)18(27)28/h3-4,10,12-13,30H,5-9,22H2,1-2H3,(H,23,26)(H,24,29)(H,27,28)/t12-,13-,20+/m0/s1. The molecule has 2 aliphatic heterocycles. The molecule has 3 atom stereocenters. The van der Waals surface area contributed by atoms with Crippen LogP contribution < -0.4 is 25.8 Å². The van der Waals surface area contributed by atoms with Crippen molar-refractivity contribution in [1.29, 1.82) is 0 Å². The number of fused-ring (bicyclic) bond motifs is 3. The average molecular weight is 446 g/mol. The maximum atomic E-state index is 12.3. The number of ether oxygens (including phenoxy) is 1. The number of hydrogen-bond donors (Lipinski definition) is 5. The smallest absolute Gasteiger partial charge is 0.526 e. The van der Waals surface area contributed by atoms with E-state index in [2.05, 4.69) is 10.6 Å². The number of likely N-dealkylation sites (N-methyl/N-ethyl adjacent to an activating group) is 1. The summed E-state index contributed by atoms with van der Waals surface area (Å²) in [5.41, 5.74) is 5.63. The topological polar surface area (TPSA) is 163 Å². The molecule has 1 saturated heterocycles. The van der Waals surface area contributed by atoms with Crippen molar-refractivity contribution in [2.75, 3.05) is 33.2 Å². The number of carboxylic acids is 1. The lowest BCUT2D eigenvalue weighted by Crippen LogP contribution is -2.64. The van der Waals surface area contributed by atoms with Gasteiger partial charge in [-0.15, -0.1) is 0 Å². The molecule has 1 aliphatic carbocycles. The molecule has 2 fully saturated rings. The molecule has 0 aromatic heterocycles. The van der Waals surface area contributed by atoms with Crippen molar-refractivity contribution < 1.29 is 33.9 Å². The van der Waals surface area contributed by atoms with Crippen molar-refractivity contribution in [3.05, 3.63) is 23.3 Å². The third kappa shape index (κ3) is 4.25. The minimum absolute atomic E-state index is 0.0234. The molecule has 1 aromatic carbocycles. The van der Waals surface area contributed by atoms with E-state index >= 15 is 0 Å². The number of aromatic carboxylic acids is 1. The summed E-state index contributed by atoms with van der Waals surface area (Å²) in [5.74, 6) is -1.43. The number of carbonyl (C=O) groups is 3. The van der Waals surface area contributed by atoms with Crippen molar-refractivity contribution in [3.8, 4) is 11.5 Å². The summed E-state index contributed by atoms with van der Waals surface area (Å²) in [6.07, 6.45) is 0.498. The minimum atomic E-state index is -1.21. The lowest BCUT2D eigenvalue weighted by Gasteiger charge is -2.42. The molecule has 32 heavy (non-hydrogen) atoms. The maximum absolute atomic E-state index is 12.3. The molecule has 0 spiro atoms. The molecule has 0 radical (unpaired) electrons. The van der Waals surface area contributed by atoms with Gasteiger partial charge in [-0.2, -0.15) is 0 Å². The summed E-state index contributed by atoms with van der Waals surface area (Å²) >= 11 is 0. The highest BCUT2D eigenvalue weighted by Gasteiger charge is 2.54. The van der Waals surface area contributed by atoms with Gasteiger partial charge in [-0.25, -0.2) is 4.79 Å². The Balaban J connectivity index is 1.35. The van der Waals surface area contributed by atoms with Gasteiger partial charge in [0.1, 0.15) is 28.7 Å². The first kappa shape index (κ1) is 22.4. The van der Waals surface area contributed by atoms with Crippen LogP contribution in [0.3, 0.4) is 0 Å². The van der Waals surface area contributed by atoms with Crippen molar-refractivity contribution in [1.82, 2.24) is 15.5 Å². The number of likely N-dealkylation sites (tertiary alicyclic amines) is 1. The van der Waals surface area contributed by atoms with Gasteiger partial charge in [0.2, 0.25) is 11.8 Å². The highest BCUT2D eigenvalue weighted by atomic mass is 16.5. The third-order valence-corrected chi connectivity index (χ3v) is 6.18. The van der Waals surface area contributed by atoms with Gasteiger partial charge < -0.3 is 35.9 Å². The van der Waals surface area contributed by atoms with Crippen LogP contribution in [0.1, 0.15) is 35.2 Å². The second kappa shape index (κ2) is 8.26. The van der Waals surface area contributed by atoms with Gasteiger partial charge in [-0.3, -0.25) is 14.5 Å². The van der Waals surface area contributed by atoms with Crippen LogP contribution in [0.25, 0.3) is 0 Å². The molecule has 11 nitrogen and oxygen atoms in total. The van der Waals surface area contributed by atoms with Gasteiger partial charge >= 0.3 is 13.1 Å². The molecule has 1 saturated carbocycles. The van der Waals surface area contributed by atoms with E-state index in [-0.39, 0.29) is 53.9 Å². The van der Waals surface area contributed by atoms with Crippen LogP contribution in [0.15, 0.2) is 12.1 Å². The summed E-state index contributed by atoms with van der Waals surface area (Å²) in [6, 6.07) is 3.44. The van der Waals surface area contributed by atoms with Gasteiger partial charge in [0.15, 0.2) is 0 Å². The van der Waals surface area contributed by atoms with Gasteiger partial charge in [-0.1, -0.05) is 6.07 Å². The second-order valence-electron chi connectivity index (χ2n) is 8.88. The second-order valence-corrected chi connectivity index (χ2v) is 8.88. The molecule has 172 valence electrons. The van der Waals surface area contributed by atoms with Crippen molar-refractivity contribution >= 4 is 24.9 Å². The summed E-state index contributed by atoms with van der Waals surface area (Å²) in [7, 11) is 0.475. The number of rotatable bonds is 8. The van der Waals surface area contributed by atoms with Crippen LogP contribution in [0.2, 0.25) is 5.82 Å². The number of nitrogens with zero attached hydrogens (tertiary/aromatic N) is 1. The fourth-order valence-corrected chi connectivity index (χ4v) is 4.29. The van der Waals surface area contributed by atoms with Gasteiger partial charge in [0.05, 0.1) is 6.54 Å². The fraction of sp³-hybridized carbons (Fsp3) is 0.550. The fourth-order valence-electron chi connectivity index (χ4n) is 4.29. The van der Waals surface area contributed by atoms with Crippen LogP contribution in [0.5, 0.6) is 11.5 Å². The van der Waals surface area contributed by atoms with Gasteiger partial charge in [-0.05, 0) is 30.9 Å². The molecule has 6 N–H and O–H groups in total.